The number of aliphatic imine (C=N–C) groups is 1. The smallest absolute Gasteiger partial charge is 0.105 e. The highest BCUT2D eigenvalue weighted by atomic mass is 35.5. The zero-order valence-electron chi connectivity index (χ0n) is 12.6. The number of hydrogen-bond donors (Lipinski definition) is 1. The highest BCUT2D eigenvalue weighted by Crippen LogP contribution is 2.12. The van der Waals surface area contributed by atoms with Gasteiger partial charge in [-0.1, -0.05) is 30.7 Å². The molecule has 0 radical (unpaired) electrons. The van der Waals surface area contributed by atoms with Crippen LogP contribution in [0.5, 0.6) is 0 Å². The zero-order chi connectivity index (χ0) is 14.3. The van der Waals surface area contributed by atoms with Crippen molar-refractivity contribution in [1.29, 1.82) is 0 Å². The molecule has 112 valence electrons. The molecule has 0 saturated heterocycles. The molecule has 1 atom stereocenters. The number of hydrogen-bond acceptors (Lipinski definition) is 3. The van der Waals surface area contributed by atoms with E-state index in [0.29, 0.717) is 12.6 Å². The van der Waals surface area contributed by atoms with Crippen molar-refractivity contribution in [2.24, 2.45) is 10.9 Å². The normalized spacial score (nSPS) is 14.2. The van der Waals surface area contributed by atoms with Gasteiger partial charge in [0.15, 0.2) is 0 Å². The minimum absolute atomic E-state index is 0.345. The topological polar surface area (TPSA) is 33.6 Å². The number of ether oxygens (including phenoxy) is 1. The molecule has 0 aliphatic carbocycles. The van der Waals surface area contributed by atoms with E-state index >= 15 is 0 Å². The molecule has 0 aromatic carbocycles. The fourth-order valence-electron chi connectivity index (χ4n) is 1.62. The second kappa shape index (κ2) is 14.0. The van der Waals surface area contributed by atoms with Gasteiger partial charge in [-0.05, 0) is 46.1 Å². The number of nitrogens with zero attached hydrogens (tertiary/aromatic N) is 1. The first-order chi connectivity index (χ1) is 9.22. The van der Waals surface area contributed by atoms with Crippen molar-refractivity contribution in [3.63, 3.8) is 0 Å². The van der Waals surface area contributed by atoms with Crippen LogP contribution in [0.1, 0.15) is 46.0 Å². The van der Waals surface area contributed by atoms with Crippen molar-refractivity contribution in [2.45, 2.75) is 46.0 Å². The Bertz CT molecular complexity index is 255. The highest BCUT2D eigenvalue weighted by molar-refractivity contribution is 6.65. The molecule has 0 heterocycles. The Balaban J connectivity index is 3.51. The van der Waals surface area contributed by atoms with Gasteiger partial charge >= 0.3 is 0 Å². The Morgan fingerprint density at radius 2 is 2.05 bits per heavy atom. The van der Waals surface area contributed by atoms with E-state index in [9.17, 15) is 0 Å². The maximum absolute atomic E-state index is 6.09. The summed E-state index contributed by atoms with van der Waals surface area (Å²) in [7, 11) is 1.87. The molecule has 0 aliphatic rings. The maximum atomic E-state index is 6.09. The quantitative estimate of drug-likeness (QED) is 0.335. The average molecular weight is 289 g/mol. The first-order valence-electron chi connectivity index (χ1n) is 7.29. The van der Waals surface area contributed by atoms with Crippen LogP contribution in [0.2, 0.25) is 0 Å². The first kappa shape index (κ1) is 18.6. The van der Waals surface area contributed by atoms with Gasteiger partial charge in [0.05, 0.1) is 6.67 Å². The van der Waals surface area contributed by atoms with Crippen molar-refractivity contribution in [3.05, 3.63) is 12.2 Å². The lowest BCUT2D eigenvalue weighted by molar-refractivity contribution is 0.143. The summed E-state index contributed by atoms with van der Waals surface area (Å²) in [6.45, 7) is 6.46. The molecule has 0 bridgehead atoms. The number of rotatable bonds is 12. The largest absolute Gasteiger partial charge is 0.382 e. The summed E-state index contributed by atoms with van der Waals surface area (Å²) >= 11 is 6.09. The van der Waals surface area contributed by atoms with E-state index in [1.807, 2.05) is 14.0 Å². The van der Waals surface area contributed by atoms with E-state index in [1.165, 1.54) is 6.42 Å². The van der Waals surface area contributed by atoms with Gasteiger partial charge < -0.3 is 10.1 Å². The molecule has 0 amide bonds. The van der Waals surface area contributed by atoms with E-state index < -0.39 is 0 Å². The third-order valence-electron chi connectivity index (χ3n) is 2.84. The van der Waals surface area contributed by atoms with Crippen molar-refractivity contribution in [1.82, 2.24) is 5.32 Å². The zero-order valence-corrected chi connectivity index (χ0v) is 13.4. The first-order valence-corrected chi connectivity index (χ1v) is 7.67. The maximum Gasteiger partial charge on any atom is 0.105 e. The standard InChI is InChI=1S/C15H29ClN2O/c1-4-19-12-10-8-6-5-7-9-11-14(2)15(16)18-13-17-3/h5,7,14,17H,4,6,8-13H2,1-3H3/b7-5+,18-15?/t14-/m0/s1. The Hall–Kier alpha value is -0.380. The van der Waals surface area contributed by atoms with E-state index in [-0.39, 0.29) is 0 Å². The van der Waals surface area contributed by atoms with Crippen LogP contribution in [-0.2, 0) is 4.74 Å². The lowest BCUT2D eigenvalue weighted by Crippen LogP contribution is -2.10. The van der Waals surface area contributed by atoms with Gasteiger partial charge in [-0.25, -0.2) is 0 Å². The number of unbranched alkanes of at least 4 members (excludes halogenated alkanes) is 2. The van der Waals surface area contributed by atoms with Gasteiger partial charge in [0.2, 0.25) is 0 Å². The summed E-state index contributed by atoms with van der Waals surface area (Å²) in [4.78, 5) is 4.23. The van der Waals surface area contributed by atoms with E-state index in [2.05, 4.69) is 29.4 Å². The molecule has 3 nitrogen and oxygen atoms in total. The van der Waals surface area contributed by atoms with Crippen LogP contribution < -0.4 is 5.32 Å². The summed E-state index contributed by atoms with van der Waals surface area (Å²) in [6.07, 6.45) is 10.1. The summed E-state index contributed by atoms with van der Waals surface area (Å²) in [5.74, 6) is 0.345. The predicted octanol–water partition coefficient (Wildman–Crippen LogP) is 3.98. The van der Waals surface area contributed by atoms with Crippen molar-refractivity contribution < 1.29 is 4.74 Å². The molecule has 0 fully saturated rings. The van der Waals surface area contributed by atoms with E-state index in [1.54, 1.807) is 0 Å². The molecule has 0 spiro atoms. The molecule has 19 heavy (non-hydrogen) atoms. The lowest BCUT2D eigenvalue weighted by Gasteiger charge is -2.07. The number of allylic oxidation sites excluding steroid dienone is 2. The second-order valence-electron chi connectivity index (χ2n) is 4.64. The van der Waals surface area contributed by atoms with Gasteiger partial charge in [-0.2, -0.15) is 0 Å². The van der Waals surface area contributed by atoms with Crippen LogP contribution in [0.3, 0.4) is 0 Å². The Morgan fingerprint density at radius 1 is 1.32 bits per heavy atom. The molecular weight excluding hydrogens is 260 g/mol. The molecule has 4 heteroatoms. The van der Waals surface area contributed by atoms with Crippen LogP contribution >= 0.6 is 11.6 Å². The van der Waals surface area contributed by atoms with Crippen molar-refractivity contribution in [3.8, 4) is 0 Å². The van der Waals surface area contributed by atoms with Crippen LogP contribution in [0.15, 0.2) is 17.1 Å². The summed E-state index contributed by atoms with van der Waals surface area (Å²) in [5.41, 5.74) is 0. The minimum Gasteiger partial charge on any atom is -0.382 e. The fraction of sp³-hybridized carbons (Fsp3) is 0.800. The highest BCUT2D eigenvalue weighted by Gasteiger charge is 2.05. The van der Waals surface area contributed by atoms with Crippen molar-refractivity contribution in [2.75, 3.05) is 26.9 Å². The monoisotopic (exact) mass is 288 g/mol. The lowest BCUT2D eigenvalue weighted by atomic mass is 10.1. The Kier molecular flexibility index (Phi) is 13.8. The third-order valence-corrected chi connectivity index (χ3v) is 3.33. The van der Waals surface area contributed by atoms with Crippen LogP contribution in [-0.4, -0.2) is 32.1 Å². The third kappa shape index (κ3) is 12.4. The molecule has 0 aliphatic heterocycles. The minimum atomic E-state index is 0.345. The molecule has 0 aromatic rings. The van der Waals surface area contributed by atoms with Gasteiger partial charge in [0.1, 0.15) is 5.17 Å². The molecule has 0 saturated carbocycles. The molecule has 0 aromatic heterocycles. The number of nitrogens with one attached hydrogen (secondary N) is 1. The average Bonchev–Trinajstić information content (AvgIpc) is 2.42. The summed E-state index contributed by atoms with van der Waals surface area (Å²) < 4.78 is 5.29. The van der Waals surface area contributed by atoms with E-state index in [4.69, 9.17) is 16.3 Å². The van der Waals surface area contributed by atoms with Crippen LogP contribution in [0.4, 0.5) is 0 Å². The fourth-order valence-corrected chi connectivity index (χ4v) is 1.79. The van der Waals surface area contributed by atoms with Crippen molar-refractivity contribution >= 4 is 16.8 Å². The SMILES string of the molecule is CCOCCCC/C=C/CC[C@H](C)C(Cl)=NCNC. The van der Waals surface area contributed by atoms with Gasteiger partial charge in [-0.3, -0.25) is 4.99 Å². The van der Waals surface area contributed by atoms with E-state index in [0.717, 1.165) is 44.1 Å². The molecule has 0 unspecified atom stereocenters. The number of halogens is 1. The second-order valence-corrected chi connectivity index (χ2v) is 5.02. The summed E-state index contributed by atoms with van der Waals surface area (Å²) in [6, 6.07) is 0. The summed E-state index contributed by atoms with van der Waals surface area (Å²) in [5, 5.41) is 3.68. The Morgan fingerprint density at radius 3 is 2.74 bits per heavy atom. The Labute approximate surface area is 123 Å². The van der Waals surface area contributed by atoms with Gasteiger partial charge in [0, 0.05) is 19.1 Å². The van der Waals surface area contributed by atoms with Gasteiger partial charge in [0.25, 0.3) is 0 Å². The molecule has 1 N–H and O–H groups in total. The van der Waals surface area contributed by atoms with Crippen LogP contribution in [0, 0.1) is 5.92 Å². The van der Waals surface area contributed by atoms with Crippen LogP contribution in [0.25, 0.3) is 0 Å². The molecule has 0 rings (SSSR count). The predicted molar refractivity (Wildman–Crippen MR) is 85.1 cm³/mol. The van der Waals surface area contributed by atoms with Gasteiger partial charge in [-0.15, -0.1) is 0 Å². The molecular formula is C15H29ClN2O.